The summed E-state index contributed by atoms with van der Waals surface area (Å²) in [5.74, 6) is 0.108. The number of nitrogens with one attached hydrogen (secondary N) is 1. The monoisotopic (exact) mass is 203 g/mol. The van der Waals surface area contributed by atoms with Gasteiger partial charge in [0.2, 0.25) is 5.91 Å². The molecular formula is C13H17NO. The van der Waals surface area contributed by atoms with Crippen LogP contribution in [0.3, 0.4) is 0 Å². The van der Waals surface area contributed by atoms with Crippen molar-refractivity contribution in [1.29, 1.82) is 0 Å². The van der Waals surface area contributed by atoms with Crippen molar-refractivity contribution in [3.63, 3.8) is 0 Å². The van der Waals surface area contributed by atoms with Crippen LogP contribution in [0.15, 0.2) is 18.2 Å². The van der Waals surface area contributed by atoms with E-state index >= 15 is 0 Å². The Balaban J connectivity index is 2.39. The minimum absolute atomic E-state index is 0.108. The van der Waals surface area contributed by atoms with Crippen molar-refractivity contribution < 1.29 is 4.79 Å². The molecule has 0 atom stereocenters. The van der Waals surface area contributed by atoms with Gasteiger partial charge < -0.3 is 5.32 Å². The lowest BCUT2D eigenvalue weighted by Gasteiger charge is -2.23. The molecule has 2 rings (SSSR count). The lowest BCUT2D eigenvalue weighted by Crippen LogP contribution is -2.15. The summed E-state index contributed by atoms with van der Waals surface area (Å²) >= 11 is 0. The molecule has 0 bridgehead atoms. The van der Waals surface area contributed by atoms with E-state index in [-0.39, 0.29) is 11.3 Å². The molecule has 0 saturated heterocycles. The van der Waals surface area contributed by atoms with Gasteiger partial charge in [0.25, 0.3) is 0 Å². The molecular weight excluding hydrogens is 186 g/mol. The summed E-state index contributed by atoms with van der Waals surface area (Å²) in [6.45, 7) is 6.66. The Morgan fingerprint density at radius 1 is 1.40 bits per heavy atom. The molecule has 1 N–H and O–H groups in total. The third kappa shape index (κ3) is 1.76. The normalized spacial score (nSPS) is 15.0. The molecule has 0 saturated carbocycles. The van der Waals surface area contributed by atoms with E-state index in [1.807, 2.05) is 6.07 Å². The van der Waals surface area contributed by atoms with Crippen LogP contribution in [0.5, 0.6) is 0 Å². The van der Waals surface area contributed by atoms with Crippen LogP contribution in [0, 0.1) is 0 Å². The second kappa shape index (κ2) is 3.37. The number of fused-ring (bicyclic) bond motifs is 1. The molecule has 1 aromatic rings. The van der Waals surface area contributed by atoms with Gasteiger partial charge in [0.15, 0.2) is 0 Å². The molecule has 1 aliphatic heterocycles. The van der Waals surface area contributed by atoms with E-state index in [0.717, 1.165) is 17.7 Å². The predicted octanol–water partition coefficient (Wildman–Crippen LogP) is 2.87. The van der Waals surface area contributed by atoms with Gasteiger partial charge in [-0.2, -0.15) is 0 Å². The SMILES string of the molecule is CCC(C)(C)c1ccc2c(c1)CC(=O)N2. The summed E-state index contributed by atoms with van der Waals surface area (Å²) in [6, 6.07) is 6.30. The zero-order valence-electron chi connectivity index (χ0n) is 9.55. The summed E-state index contributed by atoms with van der Waals surface area (Å²) in [7, 11) is 0. The molecule has 0 aromatic heterocycles. The Kier molecular flexibility index (Phi) is 2.29. The quantitative estimate of drug-likeness (QED) is 0.786. The van der Waals surface area contributed by atoms with Gasteiger partial charge in [-0.15, -0.1) is 0 Å². The molecule has 0 aliphatic carbocycles. The van der Waals surface area contributed by atoms with Gasteiger partial charge in [-0.3, -0.25) is 4.79 Å². The minimum atomic E-state index is 0.108. The predicted molar refractivity (Wildman–Crippen MR) is 62.1 cm³/mol. The fourth-order valence-corrected chi connectivity index (χ4v) is 1.85. The van der Waals surface area contributed by atoms with Gasteiger partial charge in [0.05, 0.1) is 6.42 Å². The Bertz CT molecular complexity index is 407. The fraction of sp³-hybridized carbons (Fsp3) is 0.462. The first kappa shape index (κ1) is 10.2. The number of anilines is 1. The van der Waals surface area contributed by atoms with E-state index < -0.39 is 0 Å². The highest BCUT2D eigenvalue weighted by Crippen LogP contribution is 2.31. The molecule has 1 aromatic carbocycles. The van der Waals surface area contributed by atoms with Gasteiger partial charge >= 0.3 is 0 Å². The molecule has 0 spiro atoms. The van der Waals surface area contributed by atoms with E-state index in [0.29, 0.717) is 6.42 Å². The van der Waals surface area contributed by atoms with Gasteiger partial charge in [0.1, 0.15) is 0 Å². The van der Waals surface area contributed by atoms with E-state index in [4.69, 9.17) is 0 Å². The Morgan fingerprint density at radius 2 is 2.13 bits per heavy atom. The van der Waals surface area contributed by atoms with Gasteiger partial charge in [-0.1, -0.05) is 32.9 Å². The summed E-state index contributed by atoms with van der Waals surface area (Å²) < 4.78 is 0. The topological polar surface area (TPSA) is 29.1 Å². The second-order valence-electron chi connectivity index (χ2n) is 4.83. The van der Waals surface area contributed by atoms with Crippen LogP contribution in [0.1, 0.15) is 38.3 Å². The van der Waals surface area contributed by atoms with E-state index in [1.165, 1.54) is 5.56 Å². The van der Waals surface area contributed by atoms with Crippen molar-refractivity contribution in [2.24, 2.45) is 0 Å². The first-order valence-electron chi connectivity index (χ1n) is 5.46. The number of carbonyl (C=O) groups is 1. The number of hydrogen-bond acceptors (Lipinski definition) is 1. The maximum atomic E-state index is 11.2. The summed E-state index contributed by atoms with van der Waals surface area (Å²) in [5.41, 5.74) is 3.63. The first-order valence-corrected chi connectivity index (χ1v) is 5.46. The molecule has 15 heavy (non-hydrogen) atoms. The van der Waals surface area contributed by atoms with Crippen LogP contribution in [0.4, 0.5) is 5.69 Å². The number of benzene rings is 1. The van der Waals surface area contributed by atoms with Gasteiger partial charge in [-0.05, 0) is 29.0 Å². The highest BCUT2D eigenvalue weighted by atomic mass is 16.1. The van der Waals surface area contributed by atoms with Crippen LogP contribution in [0.25, 0.3) is 0 Å². The van der Waals surface area contributed by atoms with Gasteiger partial charge in [0, 0.05) is 5.69 Å². The van der Waals surface area contributed by atoms with Crippen molar-refractivity contribution in [2.45, 2.75) is 39.0 Å². The number of amides is 1. The Labute approximate surface area is 90.7 Å². The minimum Gasteiger partial charge on any atom is -0.326 e. The molecule has 1 aliphatic rings. The molecule has 0 unspecified atom stereocenters. The lowest BCUT2D eigenvalue weighted by atomic mass is 9.81. The number of hydrogen-bond donors (Lipinski definition) is 1. The Hall–Kier alpha value is -1.31. The second-order valence-corrected chi connectivity index (χ2v) is 4.83. The molecule has 0 radical (unpaired) electrons. The molecule has 2 nitrogen and oxygen atoms in total. The van der Waals surface area contributed by atoms with E-state index in [1.54, 1.807) is 0 Å². The molecule has 0 fully saturated rings. The summed E-state index contributed by atoms with van der Waals surface area (Å²) in [5, 5.41) is 2.86. The highest BCUT2D eigenvalue weighted by molar-refractivity contribution is 5.99. The van der Waals surface area contributed by atoms with E-state index in [9.17, 15) is 4.79 Å². The smallest absolute Gasteiger partial charge is 0.228 e. The molecule has 1 amide bonds. The zero-order chi connectivity index (χ0) is 11.1. The van der Waals surface area contributed by atoms with Crippen molar-refractivity contribution in [3.05, 3.63) is 29.3 Å². The van der Waals surface area contributed by atoms with Crippen LogP contribution in [-0.2, 0) is 16.6 Å². The van der Waals surface area contributed by atoms with Crippen LogP contribution in [-0.4, -0.2) is 5.91 Å². The van der Waals surface area contributed by atoms with Gasteiger partial charge in [-0.25, -0.2) is 0 Å². The third-order valence-corrected chi connectivity index (χ3v) is 3.40. The largest absolute Gasteiger partial charge is 0.326 e. The van der Waals surface area contributed by atoms with Crippen molar-refractivity contribution >= 4 is 11.6 Å². The average Bonchev–Trinajstić information content (AvgIpc) is 2.56. The average molecular weight is 203 g/mol. The van der Waals surface area contributed by atoms with Crippen molar-refractivity contribution in [1.82, 2.24) is 0 Å². The highest BCUT2D eigenvalue weighted by Gasteiger charge is 2.22. The summed E-state index contributed by atoms with van der Waals surface area (Å²) in [4.78, 5) is 11.2. The maximum Gasteiger partial charge on any atom is 0.228 e. The van der Waals surface area contributed by atoms with Crippen molar-refractivity contribution in [2.75, 3.05) is 5.32 Å². The van der Waals surface area contributed by atoms with E-state index in [2.05, 4.69) is 38.2 Å². The van der Waals surface area contributed by atoms with Crippen molar-refractivity contribution in [3.8, 4) is 0 Å². The first-order chi connectivity index (χ1) is 7.03. The zero-order valence-corrected chi connectivity index (χ0v) is 9.55. The third-order valence-electron chi connectivity index (χ3n) is 3.40. The Morgan fingerprint density at radius 3 is 2.80 bits per heavy atom. The van der Waals surface area contributed by atoms with Crippen LogP contribution < -0.4 is 5.32 Å². The van der Waals surface area contributed by atoms with Crippen LogP contribution in [0.2, 0.25) is 0 Å². The fourth-order valence-electron chi connectivity index (χ4n) is 1.85. The standard InChI is InChI=1S/C13H17NO/c1-4-13(2,3)10-5-6-11-9(7-10)8-12(15)14-11/h5-7H,4,8H2,1-3H3,(H,14,15). The number of carbonyl (C=O) groups excluding carboxylic acids is 1. The molecule has 1 heterocycles. The molecule has 80 valence electrons. The number of rotatable bonds is 2. The molecule has 2 heteroatoms. The van der Waals surface area contributed by atoms with Crippen LogP contribution >= 0.6 is 0 Å². The lowest BCUT2D eigenvalue weighted by molar-refractivity contribution is -0.115. The maximum absolute atomic E-state index is 11.2. The summed E-state index contributed by atoms with van der Waals surface area (Å²) in [6.07, 6.45) is 1.64.